The summed E-state index contributed by atoms with van der Waals surface area (Å²) in [6.45, 7) is 4.05. The molecule has 106 valence electrons. The van der Waals surface area contributed by atoms with Crippen molar-refractivity contribution in [1.82, 2.24) is 5.32 Å². The summed E-state index contributed by atoms with van der Waals surface area (Å²) in [6.07, 6.45) is 0. The van der Waals surface area contributed by atoms with Crippen LogP contribution in [0.15, 0.2) is 36.4 Å². The van der Waals surface area contributed by atoms with E-state index in [4.69, 9.17) is 16.3 Å². The lowest BCUT2D eigenvalue weighted by molar-refractivity contribution is 0.410. The first-order valence-corrected chi connectivity index (χ1v) is 7.02. The first kappa shape index (κ1) is 14.9. The lowest BCUT2D eigenvalue weighted by atomic mass is 9.97. The van der Waals surface area contributed by atoms with E-state index < -0.39 is 0 Å². The highest BCUT2D eigenvalue weighted by molar-refractivity contribution is 6.31. The standard InChI is InChI=1S/C17H20ClNO/c1-11-5-7-13(9-15(11)18)17(19-3)14-8-6-12(2)16(10-14)20-4/h5-10,17,19H,1-4H3. The Bertz CT molecular complexity index is 610. The van der Waals surface area contributed by atoms with Crippen LogP contribution in [-0.4, -0.2) is 14.2 Å². The van der Waals surface area contributed by atoms with Gasteiger partial charge in [0.1, 0.15) is 5.75 Å². The van der Waals surface area contributed by atoms with E-state index in [0.29, 0.717) is 0 Å². The molecule has 0 amide bonds. The molecule has 20 heavy (non-hydrogen) atoms. The van der Waals surface area contributed by atoms with Crippen LogP contribution in [0.3, 0.4) is 0 Å². The van der Waals surface area contributed by atoms with Crippen molar-refractivity contribution >= 4 is 11.6 Å². The SMILES string of the molecule is CNC(c1ccc(C)c(Cl)c1)c1ccc(C)c(OC)c1. The van der Waals surface area contributed by atoms with Gasteiger partial charge in [-0.2, -0.15) is 0 Å². The highest BCUT2D eigenvalue weighted by Gasteiger charge is 2.14. The van der Waals surface area contributed by atoms with Crippen molar-refractivity contribution in [1.29, 1.82) is 0 Å². The number of hydrogen-bond donors (Lipinski definition) is 1. The maximum Gasteiger partial charge on any atom is 0.122 e. The summed E-state index contributed by atoms with van der Waals surface area (Å²) in [7, 11) is 3.65. The molecule has 2 nitrogen and oxygen atoms in total. The molecule has 2 aromatic rings. The summed E-state index contributed by atoms with van der Waals surface area (Å²) in [5.74, 6) is 0.904. The summed E-state index contributed by atoms with van der Waals surface area (Å²) in [5.41, 5.74) is 4.53. The largest absolute Gasteiger partial charge is 0.496 e. The molecule has 0 saturated carbocycles. The summed E-state index contributed by atoms with van der Waals surface area (Å²) >= 11 is 6.23. The van der Waals surface area contributed by atoms with Crippen molar-refractivity contribution in [3.8, 4) is 5.75 Å². The fraction of sp³-hybridized carbons (Fsp3) is 0.294. The zero-order valence-electron chi connectivity index (χ0n) is 12.3. The predicted molar refractivity (Wildman–Crippen MR) is 84.8 cm³/mol. The number of methoxy groups -OCH3 is 1. The van der Waals surface area contributed by atoms with Crippen molar-refractivity contribution in [3.63, 3.8) is 0 Å². The zero-order valence-corrected chi connectivity index (χ0v) is 13.1. The van der Waals surface area contributed by atoms with E-state index in [-0.39, 0.29) is 6.04 Å². The van der Waals surface area contributed by atoms with E-state index in [1.165, 1.54) is 0 Å². The van der Waals surface area contributed by atoms with Gasteiger partial charge in [-0.1, -0.05) is 35.9 Å². The van der Waals surface area contributed by atoms with Gasteiger partial charge in [0.05, 0.1) is 13.2 Å². The lowest BCUT2D eigenvalue weighted by Gasteiger charge is -2.19. The molecular formula is C17H20ClNO. The fourth-order valence-corrected chi connectivity index (χ4v) is 2.52. The van der Waals surface area contributed by atoms with Gasteiger partial charge < -0.3 is 10.1 Å². The van der Waals surface area contributed by atoms with Crippen LogP contribution >= 0.6 is 11.6 Å². The van der Waals surface area contributed by atoms with Gasteiger partial charge in [0.25, 0.3) is 0 Å². The Hall–Kier alpha value is -1.51. The number of nitrogens with one attached hydrogen (secondary N) is 1. The molecule has 2 aromatic carbocycles. The minimum absolute atomic E-state index is 0.0996. The first-order valence-electron chi connectivity index (χ1n) is 6.64. The van der Waals surface area contributed by atoms with Crippen LogP contribution in [-0.2, 0) is 0 Å². The van der Waals surface area contributed by atoms with Crippen LogP contribution in [0.2, 0.25) is 5.02 Å². The van der Waals surface area contributed by atoms with Gasteiger partial charge in [-0.05, 0) is 55.3 Å². The molecule has 0 spiro atoms. The van der Waals surface area contributed by atoms with E-state index in [9.17, 15) is 0 Å². The summed E-state index contributed by atoms with van der Waals surface area (Å²) < 4.78 is 5.41. The van der Waals surface area contributed by atoms with E-state index >= 15 is 0 Å². The highest BCUT2D eigenvalue weighted by Crippen LogP contribution is 2.29. The van der Waals surface area contributed by atoms with E-state index in [0.717, 1.165) is 33.0 Å². The third-order valence-corrected chi connectivity index (χ3v) is 3.99. The first-order chi connectivity index (χ1) is 9.56. The molecule has 0 saturated heterocycles. The second kappa shape index (κ2) is 6.29. The molecular weight excluding hydrogens is 270 g/mol. The maximum atomic E-state index is 6.23. The van der Waals surface area contributed by atoms with Crippen molar-refractivity contribution in [2.24, 2.45) is 0 Å². The second-order valence-corrected chi connectivity index (χ2v) is 5.37. The van der Waals surface area contributed by atoms with Gasteiger partial charge in [-0.3, -0.25) is 0 Å². The molecule has 0 radical (unpaired) electrons. The van der Waals surface area contributed by atoms with Crippen LogP contribution < -0.4 is 10.1 Å². The van der Waals surface area contributed by atoms with Gasteiger partial charge in [0, 0.05) is 5.02 Å². The minimum Gasteiger partial charge on any atom is -0.496 e. The van der Waals surface area contributed by atoms with E-state index in [1.54, 1.807) is 7.11 Å². The second-order valence-electron chi connectivity index (χ2n) is 4.96. The predicted octanol–water partition coefficient (Wildman–Crippen LogP) is 4.27. The molecule has 0 bridgehead atoms. The van der Waals surface area contributed by atoms with Crippen molar-refractivity contribution in [2.45, 2.75) is 19.9 Å². The molecule has 0 aromatic heterocycles. The van der Waals surface area contributed by atoms with Crippen molar-refractivity contribution in [3.05, 3.63) is 63.7 Å². The fourth-order valence-electron chi connectivity index (χ4n) is 2.33. The highest BCUT2D eigenvalue weighted by atomic mass is 35.5. The Morgan fingerprint density at radius 1 is 1.00 bits per heavy atom. The Morgan fingerprint density at radius 3 is 2.15 bits per heavy atom. The minimum atomic E-state index is 0.0996. The Morgan fingerprint density at radius 2 is 1.60 bits per heavy atom. The number of halogens is 1. The normalized spacial score (nSPS) is 12.2. The molecule has 1 unspecified atom stereocenters. The smallest absolute Gasteiger partial charge is 0.122 e. The van der Waals surface area contributed by atoms with Crippen molar-refractivity contribution < 1.29 is 4.74 Å². The molecule has 1 N–H and O–H groups in total. The van der Waals surface area contributed by atoms with E-state index in [2.05, 4.69) is 29.6 Å². The summed E-state index contributed by atoms with van der Waals surface area (Å²) in [5, 5.41) is 4.13. The van der Waals surface area contributed by atoms with Crippen LogP contribution in [0.4, 0.5) is 0 Å². The summed E-state index contributed by atoms with van der Waals surface area (Å²) in [6, 6.07) is 12.5. The quantitative estimate of drug-likeness (QED) is 0.907. The van der Waals surface area contributed by atoms with Crippen LogP contribution in [0.25, 0.3) is 0 Å². The molecule has 0 aliphatic carbocycles. The Kier molecular flexibility index (Phi) is 4.69. The van der Waals surface area contributed by atoms with Gasteiger partial charge in [0.15, 0.2) is 0 Å². The number of benzene rings is 2. The van der Waals surface area contributed by atoms with Crippen LogP contribution in [0, 0.1) is 13.8 Å². The average Bonchev–Trinajstić information content (AvgIpc) is 2.45. The molecule has 0 fully saturated rings. The topological polar surface area (TPSA) is 21.3 Å². The van der Waals surface area contributed by atoms with Crippen LogP contribution in [0.5, 0.6) is 5.75 Å². The third kappa shape index (κ3) is 2.97. The number of ether oxygens (including phenoxy) is 1. The monoisotopic (exact) mass is 289 g/mol. The molecule has 2 rings (SSSR count). The lowest BCUT2D eigenvalue weighted by Crippen LogP contribution is -2.17. The Balaban J connectivity index is 2.43. The van der Waals surface area contributed by atoms with Gasteiger partial charge >= 0.3 is 0 Å². The average molecular weight is 290 g/mol. The summed E-state index contributed by atoms with van der Waals surface area (Å²) in [4.78, 5) is 0. The molecule has 0 heterocycles. The van der Waals surface area contributed by atoms with Gasteiger partial charge in [-0.15, -0.1) is 0 Å². The van der Waals surface area contributed by atoms with Gasteiger partial charge in [-0.25, -0.2) is 0 Å². The molecule has 3 heteroatoms. The van der Waals surface area contributed by atoms with Gasteiger partial charge in [0.2, 0.25) is 0 Å². The number of aryl methyl sites for hydroxylation is 2. The molecule has 1 atom stereocenters. The zero-order chi connectivity index (χ0) is 14.7. The van der Waals surface area contributed by atoms with Crippen molar-refractivity contribution in [2.75, 3.05) is 14.2 Å². The van der Waals surface area contributed by atoms with E-state index in [1.807, 2.05) is 33.0 Å². The maximum absolute atomic E-state index is 6.23. The molecule has 0 aliphatic heterocycles. The van der Waals surface area contributed by atoms with Crippen LogP contribution in [0.1, 0.15) is 28.3 Å². The number of hydrogen-bond acceptors (Lipinski definition) is 2. The Labute approximate surface area is 125 Å². The number of rotatable bonds is 4. The third-order valence-electron chi connectivity index (χ3n) is 3.58. The molecule has 0 aliphatic rings.